The van der Waals surface area contributed by atoms with Crippen LogP contribution in [0, 0.1) is 0 Å². The highest BCUT2D eigenvalue weighted by Crippen LogP contribution is 2.29. The number of methoxy groups -OCH3 is 1. The van der Waals surface area contributed by atoms with Gasteiger partial charge in [-0.05, 0) is 35.3 Å². The molecule has 0 radical (unpaired) electrons. The number of carbonyl (C=O) groups is 2. The lowest BCUT2D eigenvalue weighted by atomic mass is 9.81. The molecule has 25 heavy (non-hydrogen) atoms. The van der Waals surface area contributed by atoms with Gasteiger partial charge in [0.05, 0.1) is 7.11 Å². The maximum absolute atomic E-state index is 12.4. The van der Waals surface area contributed by atoms with Gasteiger partial charge in [-0.2, -0.15) is 0 Å². The Morgan fingerprint density at radius 3 is 2.52 bits per heavy atom. The molecule has 1 fully saturated rings. The molecule has 0 atom stereocenters. The van der Waals surface area contributed by atoms with Crippen molar-refractivity contribution >= 4 is 28.7 Å². The predicted molar refractivity (Wildman–Crippen MR) is 99.0 cm³/mol. The second-order valence-electron chi connectivity index (χ2n) is 6.53. The van der Waals surface area contributed by atoms with Crippen LogP contribution in [0.15, 0.2) is 48.5 Å². The Labute approximate surface area is 147 Å². The lowest BCUT2D eigenvalue weighted by Gasteiger charge is -2.34. The van der Waals surface area contributed by atoms with E-state index in [2.05, 4.69) is 5.32 Å². The van der Waals surface area contributed by atoms with Gasteiger partial charge in [0.25, 0.3) is 0 Å². The van der Waals surface area contributed by atoms with Gasteiger partial charge in [0.1, 0.15) is 5.54 Å². The number of nitrogens with one attached hydrogen (secondary N) is 1. The van der Waals surface area contributed by atoms with E-state index < -0.39 is 5.54 Å². The first kappa shape index (κ1) is 17.2. The molecule has 2 aromatic carbocycles. The van der Waals surface area contributed by atoms with Gasteiger partial charge in [-0.3, -0.25) is 4.79 Å². The number of ether oxygens (including phenoxy) is 1. The van der Waals surface area contributed by atoms with Crippen molar-refractivity contribution in [3.63, 3.8) is 0 Å². The minimum absolute atomic E-state index is 0.264. The molecular formula is C21H23NO3. The number of esters is 1. The number of rotatable bonds is 4. The third-order valence-corrected chi connectivity index (χ3v) is 4.88. The van der Waals surface area contributed by atoms with E-state index in [0.29, 0.717) is 12.8 Å². The summed E-state index contributed by atoms with van der Waals surface area (Å²) in [6.07, 6.45) is 7.48. The number of carbonyl (C=O) groups excluding carboxylic acids is 2. The first-order valence-corrected chi connectivity index (χ1v) is 8.71. The monoisotopic (exact) mass is 337 g/mol. The van der Waals surface area contributed by atoms with Crippen LogP contribution in [-0.4, -0.2) is 24.5 Å². The van der Waals surface area contributed by atoms with Crippen molar-refractivity contribution in [2.75, 3.05) is 7.11 Å². The highest BCUT2D eigenvalue weighted by Gasteiger charge is 2.41. The minimum Gasteiger partial charge on any atom is -0.467 e. The normalized spacial score (nSPS) is 16.7. The fourth-order valence-corrected chi connectivity index (χ4v) is 3.57. The van der Waals surface area contributed by atoms with Crippen LogP contribution in [-0.2, 0) is 14.3 Å². The smallest absolute Gasteiger partial charge is 0.331 e. The summed E-state index contributed by atoms with van der Waals surface area (Å²) < 4.78 is 4.94. The SMILES string of the molecule is COC(=O)C1(NC(=O)/C=C/c2cccc3ccccc23)CCCCC1. The molecule has 0 heterocycles. The third kappa shape index (κ3) is 3.73. The van der Waals surface area contributed by atoms with Crippen molar-refractivity contribution in [1.29, 1.82) is 0 Å². The highest BCUT2D eigenvalue weighted by atomic mass is 16.5. The van der Waals surface area contributed by atoms with E-state index in [4.69, 9.17) is 4.74 Å². The van der Waals surface area contributed by atoms with Crippen LogP contribution in [0.5, 0.6) is 0 Å². The van der Waals surface area contributed by atoms with Gasteiger partial charge in [-0.15, -0.1) is 0 Å². The zero-order chi connectivity index (χ0) is 17.7. The summed E-state index contributed by atoms with van der Waals surface area (Å²) in [6.45, 7) is 0. The molecule has 4 heteroatoms. The van der Waals surface area contributed by atoms with Crippen LogP contribution in [0.25, 0.3) is 16.8 Å². The van der Waals surface area contributed by atoms with Gasteiger partial charge in [0.15, 0.2) is 0 Å². The van der Waals surface area contributed by atoms with Crippen LogP contribution in [0.1, 0.15) is 37.7 Å². The molecule has 1 saturated carbocycles. The Morgan fingerprint density at radius 2 is 1.76 bits per heavy atom. The molecule has 0 bridgehead atoms. The van der Waals surface area contributed by atoms with Crippen LogP contribution >= 0.6 is 0 Å². The number of hydrogen-bond donors (Lipinski definition) is 1. The second kappa shape index (κ2) is 7.51. The van der Waals surface area contributed by atoms with Crippen LogP contribution in [0.3, 0.4) is 0 Å². The zero-order valence-electron chi connectivity index (χ0n) is 14.5. The Hall–Kier alpha value is -2.62. The van der Waals surface area contributed by atoms with E-state index in [-0.39, 0.29) is 11.9 Å². The molecule has 130 valence electrons. The lowest BCUT2D eigenvalue weighted by molar-refractivity contribution is -0.152. The Bertz CT molecular complexity index is 798. The molecular weight excluding hydrogens is 314 g/mol. The maximum Gasteiger partial charge on any atom is 0.331 e. The van der Waals surface area contributed by atoms with E-state index in [9.17, 15) is 9.59 Å². The molecule has 3 rings (SSSR count). The first-order chi connectivity index (χ1) is 12.1. The number of amides is 1. The van der Waals surface area contributed by atoms with Crippen molar-refractivity contribution in [3.05, 3.63) is 54.1 Å². The molecule has 2 aromatic rings. The zero-order valence-corrected chi connectivity index (χ0v) is 14.5. The molecule has 0 saturated heterocycles. The topological polar surface area (TPSA) is 55.4 Å². The average molecular weight is 337 g/mol. The summed E-state index contributed by atoms with van der Waals surface area (Å²) in [7, 11) is 1.37. The van der Waals surface area contributed by atoms with E-state index >= 15 is 0 Å². The van der Waals surface area contributed by atoms with Crippen molar-refractivity contribution < 1.29 is 14.3 Å². The molecule has 1 aliphatic rings. The highest BCUT2D eigenvalue weighted by molar-refractivity contribution is 5.99. The first-order valence-electron chi connectivity index (χ1n) is 8.71. The van der Waals surface area contributed by atoms with Crippen LogP contribution < -0.4 is 5.32 Å². The largest absolute Gasteiger partial charge is 0.467 e. The summed E-state index contributed by atoms with van der Waals surface area (Å²) in [5, 5.41) is 5.12. The number of benzene rings is 2. The molecule has 0 aliphatic heterocycles. The second-order valence-corrected chi connectivity index (χ2v) is 6.53. The fourth-order valence-electron chi connectivity index (χ4n) is 3.57. The van der Waals surface area contributed by atoms with E-state index in [1.54, 1.807) is 6.08 Å². The van der Waals surface area contributed by atoms with Crippen molar-refractivity contribution in [2.24, 2.45) is 0 Å². The van der Waals surface area contributed by atoms with Gasteiger partial charge in [0.2, 0.25) is 5.91 Å². The Kier molecular flexibility index (Phi) is 5.17. The van der Waals surface area contributed by atoms with Crippen LogP contribution in [0.2, 0.25) is 0 Å². The van der Waals surface area contributed by atoms with Crippen molar-refractivity contribution in [3.8, 4) is 0 Å². The predicted octanol–water partition coefficient (Wildman–Crippen LogP) is 3.85. The molecule has 0 aromatic heterocycles. The van der Waals surface area contributed by atoms with Gasteiger partial charge >= 0.3 is 5.97 Å². The Morgan fingerprint density at radius 1 is 1.04 bits per heavy atom. The summed E-state index contributed by atoms with van der Waals surface area (Å²) >= 11 is 0. The number of fused-ring (bicyclic) bond motifs is 1. The standard InChI is InChI=1S/C21H23NO3/c1-25-20(24)21(14-5-2-6-15-21)22-19(23)13-12-17-10-7-9-16-8-3-4-11-18(16)17/h3-4,7-13H,2,5-6,14-15H2,1H3,(H,22,23)/b13-12+. The molecule has 1 aliphatic carbocycles. The molecule has 1 N–H and O–H groups in total. The molecule has 1 amide bonds. The van der Waals surface area contributed by atoms with Gasteiger partial charge < -0.3 is 10.1 Å². The van der Waals surface area contributed by atoms with Gasteiger partial charge in [0, 0.05) is 6.08 Å². The summed E-state index contributed by atoms with van der Waals surface area (Å²) in [5.74, 6) is -0.612. The summed E-state index contributed by atoms with van der Waals surface area (Å²) in [4.78, 5) is 24.7. The van der Waals surface area contributed by atoms with Gasteiger partial charge in [-0.25, -0.2) is 4.79 Å². The number of hydrogen-bond acceptors (Lipinski definition) is 3. The molecule has 0 spiro atoms. The van der Waals surface area contributed by atoms with Crippen molar-refractivity contribution in [2.45, 2.75) is 37.6 Å². The average Bonchev–Trinajstić information content (AvgIpc) is 2.66. The fraction of sp³-hybridized carbons (Fsp3) is 0.333. The molecule has 0 unspecified atom stereocenters. The third-order valence-electron chi connectivity index (χ3n) is 4.88. The van der Waals surface area contributed by atoms with Gasteiger partial charge in [-0.1, -0.05) is 61.7 Å². The summed E-state index contributed by atoms with van der Waals surface area (Å²) in [6, 6.07) is 14.0. The quantitative estimate of drug-likeness (QED) is 0.681. The van der Waals surface area contributed by atoms with E-state index in [0.717, 1.165) is 35.6 Å². The summed E-state index contributed by atoms with van der Waals surface area (Å²) in [5.41, 5.74) is 0.0942. The van der Waals surface area contributed by atoms with Crippen molar-refractivity contribution in [1.82, 2.24) is 5.32 Å². The van der Waals surface area contributed by atoms with E-state index in [1.807, 2.05) is 42.5 Å². The Balaban J connectivity index is 1.78. The minimum atomic E-state index is -0.882. The molecule has 4 nitrogen and oxygen atoms in total. The lowest BCUT2D eigenvalue weighted by Crippen LogP contribution is -2.55. The van der Waals surface area contributed by atoms with Crippen LogP contribution in [0.4, 0.5) is 0 Å². The van der Waals surface area contributed by atoms with E-state index in [1.165, 1.54) is 13.2 Å². The maximum atomic E-state index is 12.4.